The summed E-state index contributed by atoms with van der Waals surface area (Å²) in [6.45, 7) is 7.82. The van der Waals surface area contributed by atoms with Gasteiger partial charge in [-0.15, -0.1) is 0 Å². The van der Waals surface area contributed by atoms with Crippen LogP contribution in [0, 0.1) is 0 Å². The third-order valence-corrected chi connectivity index (χ3v) is 6.18. The summed E-state index contributed by atoms with van der Waals surface area (Å²) in [5, 5.41) is 13.8. The lowest BCUT2D eigenvalue weighted by Crippen LogP contribution is -2.33. The number of aliphatic hydroxyl groups excluding tert-OH is 1. The van der Waals surface area contributed by atoms with Crippen molar-refractivity contribution in [2.75, 3.05) is 43.4 Å². The Hall–Kier alpha value is -2.91. The van der Waals surface area contributed by atoms with E-state index < -0.39 is 0 Å². The standard InChI is InChI=1S/C24H34N6O3/c1-4-29(3)13-14-30(5-2)24-26-16-21(33-24)27-23-25-15-17-7-6-8-20(22(17)28-23)32-19-11-9-18(31)10-12-19/h6-8,15-16,18-19,31H,4-5,9-14H2,1-3H3,(H,25,27,28). The van der Waals surface area contributed by atoms with Crippen molar-refractivity contribution < 1.29 is 14.3 Å². The number of fused-ring (bicyclic) bond motifs is 1. The molecule has 2 aromatic heterocycles. The molecule has 1 aliphatic rings. The highest BCUT2D eigenvalue weighted by Crippen LogP contribution is 2.30. The van der Waals surface area contributed by atoms with E-state index in [1.165, 1.54) is 0 Å². The lowest BCUT2D eigenvalue weighted by atomic mass is 9.95. The van der Waals surface area contributed by atoms with E-state index >= 15 is 0 Å². The number of rotatable bonds is 10. The Morgan fingerprint density at radius 3 is 2.67 bits per heavy atom. The lowest BCUT2D eigenvalue weighted by molar-refractivity contribution is 0.0672. The second kappa shape index (κ2) is 10.8. The number of benzene rings is 1. The highest BCUT2D eigenvalue weighted by Gasteiger charge is 2.22. The van der Waals surface area contributed by atoms with Gasteiger partial charge in [0, 0.05) is 31.2 Å². The smallest absolute Gasteiger partial charge is 0.299 e. The van der Waals surface area contributed by atoms with E-state index in [0.29, 0.717) is 17.8 Å². The molecule has 178 valence electrons. The predicted molar refractivity (Wildman–Crippen MR) is 129 cm³/mol. The minimum Gasteiger partial charge on any atom is -0.488 e. The van der Waals surface area contributed by atoms with Gasteiger partial charge in [0.1, 0.15) is 11.3 Å². The molecule has 1 aromatic carbocycles. The van der Waals surface area contributed by atoms with Crippen molar-refractivity contribution >= 4 is 28.8 Å². The molecule has 9 heteroatoms. The third-order valence-electron chi connectivity index (χ3n) is 6.18. The molecule has 2 heterocycles. The number of hydrogen-bond donors (Lipinski definition) is 2. The summed E-state index contributed by atoms with van der Waals surface area (Å²) in [6, 6.07) is 6.43. The maximum atomic E-state index is 9.76. The van der Waals surface area contributed by atoms with Gasteiger partial charge in [-0.3, -0.25) is 5.32 Å². The predicted octanol–water partition coefficient (Wildman–Crippen LogP) is 3.82. The van der Waals surface area contributed by atoms with Crippen LogP contribution in [0.2, 0.25) is 0 Å². The molecule has 1 aliphatic carbocycles. The molecular weight excluding hydrogens is 420 g/mol. The van der Waals surface area contributed by atoms with Gasteiger partial charge in [0.25, 0.3) is 6.01 Å². The normalized spacial score (nSPS) is 18.6. The zero-order valence-electron chi connectivity index (χ0n) is 19.7. The number of para-hydroxylation sites is 1. The Morgan fingerprint density at radius 1 is 1.09 bits per heavy atom. The Morgan fingerprint density at radius 2 is 1.91 bits per heavy atom. The second-order valence-electron chi connectivity index (χ2n) is 8.54. The number of nitrogens with one attached hydrogen (secondary N) is 1. The fourth-order valence-corrected chi connectivity index (χ4v) is 3.94. The zero-order chi connectivity index (χ0) is 23.2. The Bertz CT molecular complexity index is 1030. The fourth-order valence-electron chi connectivity index (χ4n) is 3.94. The van der Waals surface area contributed by atoms with Crippen LogP contribution >= 0.6 is 0 Å². The van der Waals surface area contributed by atoms with Crippen molar-refractivity contribution in [3.05, 3.63) is 30.6 Å². The van der Waals surface area contributed by atoms with Gasteiger partial charge in [0.2, 0.25) is 11.8 Å². The van der Waals surface area contributed by atoms with E-state index in [-0.39, 0.29) is 12.2 Å². The van der Waals surface area contributed by atoms with E-state index in [9.17, 15) is 5.11 Å². The van der Waals surface area contributed by atoms with Crippen LogP contribution in [-0.4, -0.2) is 70.4 Å². The van der Waals surface area contributed by atoms with Crippen LogP contribution in [0.1, 0.15) is 39.5 Å². The van der Waals surface area contributed by atoms with E-state index in [4.69, 9.17) is 14.1 Å². The number of oxazole rings is 1. The summed E-state index contributed by atoms with van der Waals surface area (Å²) in [5.74, 6) is 1.65. The van der Waals surface area contributed by atoms with E-state index in [1.54, 1.807) is 12.4 Å². The summed E-state index contributed by atoms with van der Waals surface area (Å²) in [5.41, 5.74) is 0.749. The molecule has 0 saturated heterocycles. The van der Waals surface area contributed by atoms with Crippen LogP contribution in [0.5, 0.6) is 5.75 Å². The largest absolute Gasteiger partial charge is 0.488 e. The molecule has 0 aliphatic heterocycles. The molecule has 2 N–H and O–H groups in total. The topological polar surface area (TPSA) is 99.8 Å². The van der Waals surface area contributed by atoms with Crippen molar-refractivity contribution in [1.82, 2.24) is 19.9 Å². The van der Waals surface area contributed by atoms with Crippen LogP contribution in [-0.2, 0) is 0 Å². The number of hydrogen-bond acceptors (Lipinski definition) is 9. The quantitative estimate of drug-likeness (QED) is 0.473. The van der Waals surface area contributed by atoms with Gasteiger partial charge in [0.05, 0.1) is 18.4 Å². The van der Waals surface area contributed by atoms with Crippen LogP contribution < -0.4 is 15.0 Å². The average molecular weight is 455 g/mol. The lowest BCUT2D eigenvalue weighted by Gasteiger charge is -2.26. The molecule has 0 radical (unpaired) electrons. The van der Waals surface area contributed by atoms with Gasteiger partial charge in [-0.25, -0.2) is 9.97 Å². The van der Waals surface area contributed by atoms with Gasteiger partial charge >= 0.3 is 0 Å². The van der Waals surface area contributed by atoms with Crippen molar-refractivity contribution in [3.8, 4) is 5.75 Å². The molecule has 1 fully saturated rings. The van der Waals surface area contributed by atoms with Crippen molar-refractivity contribution in [3.63, 3.8) is 0 Å². The summed E-state index contributed by atoms with van der Waals surface area (Å²) < 4.78 is 12.2. The molecule has 0 spiro atoms. The number of anilines is 3. The third kappa shape index (κ3) is 5.91. The van der Waals surface area contributed by atoms with Crippen molar-refractivity contribution in [2.24, 2.45) is 0 Å². The Kier molecular flexibility index (Phi) is 7.61. The zero-order valence-corrected chi connectivity index (χ0v) is 19.7. The van der Waals surface area contributed by atoms with Gasteiger partial charge in [-0.05, 0) is 52.3 Å². The summed E-state index contributed by atoms with van der Waals surface area (Å²) in [6.07, 6.45) is 6.55. The maximum absolute atomic E-state index is 9.76. The number of ether oxygens (including phenoxy) is 1. The molecule has 0 atom stereocenters. The monoisotopic (exact) mass is 454 g/mol. The molecule has 4 rings (SSSR count). The first kappa shape index (κ1) is 23.3. The molecule has 0 unspecified atom stereocenters. The molecule has 0 bridgehead atoms. The molecular formula is C24H34N6O3. The Labute approximate surface area is 194 Å². The summed E-state index contributed by atoms with van der Waals surface area (Å²) in [7, 11) is 2.10. The fraction of sp³-hybridized carbons (Fsp3) is 0.542. The molecule has 0 amide bonds. The second-order valence-corrected chi connectivity index (χ2v) is 8.54. The number of aromatic nitrogens is 3. The number of aliphatic hydroxyl groups is 1. The molecule has 3 aromatic rings. The van der Waals surface area contributed by atoms with Crippen LogP contribution in [0.3, 0.4) is 0 Å². The van der Waals surface area contributed by atoms with Crippen LogP contribution in [0.15, 0.2) is 35.0 Å². The van der Waals surface area contributed by atoms with Crippen molar-refractivity contribution in [1.29, 1.82) is 0 Å². The van der Waals surface area contributed by atoms with Gasteiger partial charge in [-0.2, -0.15) is 4.98 Å². The highest BCUT2D eigenvalue weighted by molar-refractivity contribution is 5.84. The first-order chi connectivity index (χ1) is 16.1. The summed E-state index contributed by atoms with van der Waals surface area (Å²) in [4.78, 5) is 17.9. The SMILES string of the molecule is CCN(C)CCN(CC)c1ncc(Nc2ncc3cccc(OC4CCC(O)CC4)c3n2)o1. The van der Waals surface area contributed by atoms with E-state index in [1.807, 2.05) is 18.2 Å². The first-order valence-electron chi connectivity index (χ1n) is 11.8. The van der Waals surface area contributed by atoms with Crippen molar-refractivity contribution in [2.45, 2.75) is 51.7 Å². The highest BCUT2D eigenvalue weighted by atomic mass is 16.5. The minimum absolute atomic E-state index is 0.0917. The minimum atomic E-state index is -0.210. The average Bonchev–Trinajstić information content (AvgIpc) is 3.29. The maximum Gasteiger partial charge on any atom is 0.299 e. The number of likely N-dealkylation sites (N-methyl/N-ethyl adjacent to an activating group) is 2. The van der Waals surface area contributed by atoms with E-state index in [2.05, 4.69) is 46.0 Å². The van der Waals surface area contributed by atoms with Gasteiger partial charge in [0.15, 0.2) is 0 Å². The van der Waals surface area contributed by atoms with Crippen LogP contribution in [0.25, 0.3) is 10.9 Å². The summed E-state index contributed by atoms with van der Waals surface area (Å²) >= 11 is 0. The van der Waals surface area contributed by atoms with Crippen LogP contribution in [0.4, 0.5) is 17.8 Å². The first-order valence-corrected chi connectivity index (χ1v) is 11.8. The van der Waals surface area contributed by atoms with Gasteiger partial charge < -0.3 is 24.1 Å². The molecule has 33 heavy (non-hydrogen) atoms. The van der Waals surface area contributed by atoms with E-state index in [0.717, 1.165) is 68.5 Å². The number of nitrogens with zero attached hydrogens (tertiary/aromatic N) is 5. The molecule has 9 nitrogen and oxygen atoms in total. The van der Waals surface area contributed by atoms with Gasteiger partial charge in [-0.1, -0.05) is 19.1 Å². The Balaban J connectivity index is 1.47. The molecule has 1 saturated carbocycles.